The first-order valence-corrected chi connectivity index (χ1v) is 8.04. The van der Waals surface area contributed by atoms with Gasteiger partial charge in [-0.25, -0.2) is 0 Å². The Morgan fingerprint density at radius 1 is 1.25 bits per heavy atom. The fourth-order valence-electron chi connectivity index (χ4n) is 2.63. The first-order valence-electron chi connectivity index (χ1n) is 7.10. The molecule has 2 aliphatic heterocycles. The molecule has 4 heteroatoms. The van der Waals surface area contributed by atoms with Crippen molar-refractivity contribution in [2.45, 2.75) is 31.2 Å². The Morgan fingerprint density at radius 2 is 2.05 bits per heavy atom. The van der Waals surface area contributed by atoms with E-state index >= 15 is 0 Å². The zero-order valence-electron chi connectivity index (χ0n) is 11.4. The Morgan fingerprint density at radius 3 is 2.80 bits per heavy atom. The lowest BCUT2D eigenvalue weighted by molar-refractivity contribution is 0.786. The Hall–Kier alpha value is -1.55. The minimum absolute atomic E-state index is 0.255. The molecule has 1 fully saturated rings. The van der Waals surface area contributed by atoms with Crippen LogP contribution < -0.4 is 5.32 Å². The zero-order valence-corrected chi connectivity index (χ0v) is 12.2. The van der Waals surface area contributed by atoms with Crippen molar-refractivity contribution in [2.75, 3.05) is 0 Å². The summed E-state index contributed by atoms with van der Waals surface area (Å²) in [6.45, 7) is 2.12. The van der Waals surface area contributed by atoms with Crippen molar-refractivity contribution in [1.29, 1.82) is 0 Å². The third-order valence-electron chi connectivity index (χ3n) is 3.94. The molecule has 2 unspecified atom stereocenters. The summed E-state index contributed by atoms with van der Waals surface area (Å²) in [5.41, 5.74) is 3.94. The van der Waals surface area contributed by atoms with E-state index in [4.69, 9.17) is 4.99 Å². The minimum Gasteiger partial charge on any atom is -0.335 e. The standard InChI is InChI=1S/C16H17N3S/c1-10-2-4-11(5-3-10)13-8-20-16-14(13)15(17-9-18-16)19-12-6-7-12/h2-5,8-9,12,14,16H,6-7H2,1H3,(H,17,18,19). The third-order valence-corrected chi connectivity index (χ3v) is 5.00. The molecule has 4 rings (SSSR count). The van der Waals surface area contributed by atoms with Crippen molar-refractivity contribution in [1.82, 2.24) is 5.32 Å². The molecule has 20 heavy (non-hydrogen) atoms. The highest BCUT2D eigenvalue weighted by atomic mass is 32.2. The number of aryl methyl sites for hydroxylation is 1. The second-order valence-corrected chi connectivity index (χ2v) is 6.60. The van der Waals surface area contributed by atoms with Crippen molar-refractivity contribution in [2.24, 2.45) is 15.9 Å². The van der Waals surface area contributed by atoms with Gasteiger partial charge in [0.2, 0.25) is 0 Å². The molecule has 1 N–H and O–H groups in total. The summed E-state index contributed by atoms with van der Waals surface area (Å²) in [6.07, 6.45) is 4.27. The van der Waals surface area contributed by atoms with Gasteiger partial charge in [0.25, 0.3) is 0 Å². The molecule has 0 bridgehead atoms. The molecule has 0 radical (unpaired) electrons. The van der Waals surface area contributed by atoms with Gasteiger partial charge in [-0.15, -0.1) is 11.8 Å². The number of hydrogen-bond donors (Lipinski definition) is 1. The van der Waals surface area contributed by atoms with Gasteiger partial charge in [-0.3, -0.25) is 9.98 Å². The molecule has 0 spiro atoms. The fraction of sp³-hybridized carbons (Fsp3) is 0.375. The number of amidine groups is 1. The zero-order chi connectivity index (χ0) is 13.5. The van der Waals surface area contributed by atoms with E-state index in [0.717, 1.165) is 5.84 Å². The topological polar surface area (TPSA) is 36.8 Å². The van der Waals surface area contributed by atoms with Crippen LogP contribution in [0.15, 0.2) is 39.7 Å². The van der Waals surface area contributed by atoms with Gasteiger partial charge < -0.3 is 5.32 Å². The molecular weight excluding hydrogens is 266 g/mol. The highest BCUT2D eigenvalue weighted by molar-refractivity contribution is 8.03. The fourth-order valence-corrected chi connectivity index (χ4v) is 3.76. The molecule has 0 saturated heterocycles. The molecule has 3 aliphatic rings. The van der Waals surface area contributed by atoms with Crippen molar-refractivity contribution in [3.8, 4) is 0 Å². The minimum atomic E-state index is 0.255. The van der Waals surface area contributed by atoms with Gasteiger partial charge in [-0.2, -0.15) is 0 Å². The van der Waals surface area contributed by atoms with Crippen molar-refractivity contribution >= 4 is 29.5 Å². The maximum Gasteiger partial charge on any atom is 0.115 e. The number of nitrogens with one attached hydrogen (secondary N) is 1. The summed E-state index contributed by atoms with van der Waals surface area (Å²) in [5, 5.41) is 5.79. The maximum atomic E-state index is 4.84. The van der Waals surface area contributed by atoms with Crippen LogP contribution in [0.25, 0.3) is 5.57 Å². The highest BCUT2D eigenvalue weighted by Crippen LogP contribution is 2.43. The van der Waals surface area contributed by atoms with Crippen LogP contribution in [0.5, 0.6) is 0 Å². The Balaban J connectivity index is 1.69. The first kappa shape index (κ1) is 12.2. The second kappa shape index (κ2) is 4.77. The molecule has 2 atom stereocenters. The molecule has 102 valence electrons. The van der Waals surface area contributed by atoms with Gasteiger partial charge in [0.05, 0.1) is 18.3 Å². The Kier molecular flexibility index (Phi) is 2.91. The third kappa shape index (κ3) is 2.18. The number of rotatable bonds is 2. The predicted octanol–water partition coefficient (Wildman–Crippen LogP) is 3.22. The van der Waals surface area contributed by atoms with Crippen LogP contribution in [0.3, 0.4) is 0 Å². The van der Waals surface area contributed by atoms with E-state index in [1.165, 1.54) is 29.5 Å². The lowest BCUT2D eigenvalue weighted by Crippen LogP contribution is -2.39. The van der Waals surface area contributed by atoms with E-state index < -0.39 is 0 Å². The molecule has 0 aromatic heterocycles. The quantitative estimate of drug-likeness (QED) is 0.905. The summed E-state index contributed by atoms with van der Waals surface area (Å²) < 4.78 is 0. The summed E-state index contributed by atoms with van der Waals surface area (Å²) in [6, 6.07) is 9.29. The first-order chi connectivity index (χ1) is 9.81. The summed E-state index contributed by atoms with van der Waals surface area (Å²) in [7, 11) is 0. The van der Waals surface area contributed by atoms with Crippen molar-refractivity contribution < 1.29 is 0 Å². The SMILES string of the molecule is Cc1ccc(C2=CSC3N=CNC(=NC4CC4)C23)cc1. The highest BCUT2D eigenvalue weighted by Gasteiger charge is 2.38. The number of benzene rings is 1. The van der Waals surface area contributed by atoms with Crippen LogP contribution in [0, 0.1) is 12.8 Å². The second-order valence-electron chi connectivity index (χ2n) is 5.61. The number of nitrogens with zero attached hydrogens (tertiary/aromatic N) is 2. The van der Waals surface area contributed by atoms with E-state index in [9.17, 15) is 0 Å². The lowest BCUT2D eigenvalue weighted by atomic mass is 9.91. The van der Waals surface area contributed by atoms with Crippen molar-refractivity contribution in [3.63, 3.8) is 0 Å². The van der Waals surface area contributed by atoms with Gasteiger partial charge >= 0.3 is 0 Å². The van der Waals surface area contributed by atoms with E-state index in [1.54, 1.807) is 18.1 Å². The van der Waals surface area contributed by atoms with Crippen LogP contribution in [0.4, 0.5) is 0 Å². The Bertz CT molecular complexity index is 611. The number of thioether (sulfide) groups is 1. The van der Waals surface area contributed by atoms with Gasteiger partial charge in [0.15, 0.2) is 0 Å². The summed E-state index contributed by atoms with van der Waals surface area (Å²) >= 11 is 1.80. The van der Waals surface area contributed by atoms with E-state index in [2.05, 4.69) is 46.9 Å². The molecule has 2 heterocycles. The van der Waals surface area contributed by atoms with Gasteiger partial charge in [0.1, 0.15) is 11.2 Å². The number of hydrogen-bond acceptors (Lipinski definition) is 3. The normalized spacial score (nSPS) is 30.1. The van der Waals surface area contributed by atoms with Crippen LogP contribution in [0.1, 0.15) is 24.0 Å². The van der Waals surface area contributed by atoms with Gasteiger partial charge in [0, 0.05) is 0 Å². The molecule has 1 aromatic carbocycles. The molecule has 0 amide bonds. The largest absolute Gasteiger partial charge is 0.335 e. The van der Waals surface area contributed by atoms with Crippen LogP contribution >= 0.6 is 11.8 Å². The Labute approximate surface area is 123 Å². The number of aliphatic imine (C=N–C) groups is 2. The number of fused-ring (bicyclic) bond motifs is 1. The molecule has 3 nitrogen and oxygen atoms in total. The van der Waals surface area contributed by atoms with Crippen LogP contribution in [-0.2, 0) is 0 Å². The molecular formula is C16H17N3S. The van der Waals surface area contributed by atoms with Crippen LogP contribution in [0.2, 0.25) is 0 Å². The lowest BCUT2D eigenvalue weighted by Gasteiger charge is -2.25. The van der Waals surface area contributed by atoms with Crippen LogP contribution in [-0.4, -0.2) is 23.6 Å². The van der Waals surface area contributed by atoms with Crippen molar-refractivity contribution in [3.05, 3.63) is 40.8 Å². The summed E-state index contributed by atoms with van der Waals surface area (Å²) in [5.74, 6) is 1.39. The molecule has 1 saturated carbocycles. The monoisotopic (exact) mass is 283 g/mol. The molecule has 1 aliphatic carbocycles. The van der Waals surface area contributed by atoms with E-state index in [0.29, 0.717) is 6.04 Å². The smallest absolute Gasteiger partial charge is 0.115 e. The predicted molar refractivity (Wildman–Crippen MR) is 86.1 cm³/mol. The average molecular weight is 283 g/mol. The van der Waals surface area contributed by atoms with Gasteiger partial charge in [-0.05, 0) is 36.3 Å². The van der Waals surface area contributed by atoms with Gasteiger partial charge in [-0.1, -0.05) is 29.8 Å². The maximum absolute atomic E-state index is 4.84. The van der Waals surface area contributed by atoms with E-state index in [-0.39, 0.29) is 11.3 Å². The summed E-state index contributed by atoms with van der Waals surface area (Å²) in [4.78, 5) is 9.40. The molecule has 1 aromatic rings. The van der Waals surface area contributed by atoms with E-state index in [1.807, 2.05) is 0 Å². The average Bonchev–Trinajstić information content (AvgIpc) is 3.16.